The second-order valence-corrected chi connectivity index (χ2v) is 12.1. The van der Waals surface area contributed by atoms with Crippen molar-refractivity contribution in [2.75, 3.05) is 25.6 Å². The van der Waals surface area contributed by atoms with Crippen LogP contribution in [0.3, 0.4) is 0 Å². The molecule has 0 spiro atoms. The van der Waals surface area contributed by atoms with Gasteiger partial charge >= 0.3 is 0 Å². The molecule has 1 unspecified atom stereocenters. The highest BCUT2D eigenvalue weighted by molar-refractivity contribution is 6.04. The van der Waals surface area contributed by atoms with E-state index < -0.39 is 11.7 Å². The number of imidazole rings is 1. The van der Waals surface area contributed by atoms with E-state index in [1.807, 2.05) is 32.2 Å². The number of benzene rings is 1. The molecule has 1 atom stereocenters. The van der Waals surface area contributed by atoms with Gasteiger partial charge in [0.15, 0.2) is 0 Å². The molecule has 0 radical (unpaired) electrons. The zero-order chi connectivity index (χ0) is 30.8. The van der Waals surface area contributed by atoms with Gasteiger partial charge in [0.05, 0.1) is 17.5 Å². The zero-order valence-electron chi connectivity index (χ0n) is 25.2. The number of nitrogens with zero attached hydrogens (tertiary/aromatic N) is 4. The number of halogens is 1. The number of carbonyl (C=O) groups is 2. The fourth-order valence-corrected chi connectivity index (χ4v) is 5.74. The van der Waals surface area contributed by atoms with E-state index in [0.29, 0.717) is 24.7 Å². The topological polar surface area (TPSA) is 110 Å². The molecule has 5 heterocycles. The number of nitrogens with one attached hydrogen (secondary N) is 2. The van der Waals surface area contributed by atoms with Crippen LogP contribution in [0.15, 0.2) is 61.2 Å². The van der Waals surface area contributed by atoms with Gasteiger partial charge in [-0.25, -0.2) is 9.37 Å². The molecule has 230 valence electrons. The smallest absolute Gasteiger partial charge is 0.274 e. The average Bonchev–Trinajstić information content (AvgIpc) is 3.63. The maximum absolute atomic E-state index is 14.8. The molecule has 0 saturated carbocycles. The summed E-state index contributed by atoms with van der Waals surface area (Å²) < 4.78 is 27.8. The Balaban J connectivity index is 1.15. The van der Waals surface area contributed by atoms with E-state index in [2.05, 4.69) is 26.7 Å². The monoisotopic (exact) mass is 600 g/mol. The minimum absolute atomic E-state index is 0.0919. The van der Waals surface area contributed by atoms with Crippen LogP contribution in [0.1, 0.15) is 65.9 Å². The summed E-state index contributed by atoms with van der Waals surface area (Å²) in [4.78, 5) is 36.8. The van der Waals surface area contributed by atoms with Crippen molar-refractivity contribution in [2.45, 2.75) is 63.9 Å². The first kappa shape index (κ1) is 29.9. The summed E-state index contributed by atoms with van der Waals surface area (Å²) >= 11 is 0. The second-order valence-electron chi connectivity index (χ2n) is 12.1. The van der Waals surface area contributed by atoms with Crippen molar-refractivity contribution in [3.8, 4) is 11.1 Å². The molecule has 2 N–H and O–H groups in total. The largest absolute Gasteiger partial charge is 0.381 e. The molecule has 1 aromatic carbocycles. The molecule has 44 heavy (non-hydrogen) atoms. The van der Waals surface area contributed by atoms with Gasteiger partial charge in [-0.1, -0.05) is 0 Å². The lowest BCUT2D eigenvalue weighted by Crippen LogP contribution is -2.38. The Morgan fingerprint density at radius 2 is 1.89 bits per heavy atom. The van der Waals surface area contributed by atoms with Crippen LogP contribution in [0.5, 0.6) is 0 Å². The van der Waals surface area contributed by atoms with Gasteiger partial charge in [-0.05, 0) is 87.1 Å². The first-order valence-electron chi connectivity index (χ1n) is 15.0. The highest BCUT2D eigenvalue weighted by Crippen LogP contribution is 2.31. The fourth-order valence-electron chi connectivity index (χ4n) is 5.74. The maximum Gasteiger partial charge on any atom is 0.274 e. The molecule has 10 nitrogen and oxygen atoms in total. The van der Waals surface area contributed by atoms with E-state index in [1.165, 1.54) is 29.3 Å². The van der Waals surface area contributed by atoms with Gasteiger partial charge in [0.1, 0.15) is 23.4 Å². The molecule has 4 aromatic rings. The Morgan fingerprint density at radius 1 is 1.07 bits per heavy atom. The average molecular weight is 601 g/mol. The Labute approximate surface area is 255 Å². The molecule has 0 aliphatic carbocycles. The van der Waals surface area contributed by atoms with Gasteiger partial charge in [0.25, 0.3) is 11.8 Å². The number of fused-ring (bicyclic) bond motifs is 1. The normalized spacial score (nSPS) is 18.4. The third kappa shape index (κ3) is 6.50. The van der Waals surface area contributed by atoms with Crippen LogP contribution in [0.25, 0.3) is 16.8 Å². The molecule has 0 bridgehead atoms. The van der Waals surface area contributed by atoms with Crippen molar-refractivity contribution in [3.05, 3.63) is 83.8 Å². The van der Waals surface area contributed by atoms with Crippen molar-refractivity contribution in [2.24, 2.45) is 0 Å². The summed E-state index contributed by atoms with van der Waals surface area (Å²) in [6, 6.07) is 10.2. The first-order chi connectivity index (χ1) is 21.2. The van der Waals surface area contributed by atoms with Crippen molar-refractivity contribution < 1.29 is 23.5 Å². The van der Waals surface area contributed by atoms with Crippen LogP contribution in [0, 0.1) is 5.82 Å². The summed E-state index contributed by atoms with van der Waals surface area (Å²) in [5, 5.41) is 6.20. The predicted octanol–water partition coefficient (Wildman–Crippen LogP) is 5.04. The van der Waals surface area contributed by atoms with E-state index in [1.54, 1.807) is 23.8 Å². The van der Waals surface area contributed by atoms with Gasteiger partial charge in [-0.2, -0.15) is 0 Å². The van der Waals surface area contributed by atoms with E-state index >= 15 is 0 Å². The highest BCUT2D eigenvalue weighted by Gasteiger charge is 2.36. The van der Waals surface area contributed by atoms with E-state index in [4.69, 9.17) is 9.47 Å². The van der Waals surface area contributed by atoms with Crippen LogP contribution in [-0.4, -0.2) is 69.2 Å². The van der Waals surface area contributed by atoms with Crippen LogP contribution < -0.4 is 10.6 Å². The Hall–Kier alpha value is -4.19. The van der Waals surface area contributed by atoms with Crippen molar-refractivity contribution in [1.29, 1.82) is 0 Å². The van der Waals surface area contributed by atoms with Crippen molar-refractivity contribution in [1.82, 2.24) is 24.6 Å². The molecule has 2 amide bonds. The minimum Gasteiger partial charge on any atom is -0.381 e. The van der Waals surface area contributed by atoms with Gasteiger partial charge < -0.3 is 25.0 Å². The van der Waals surface area contributed by atoms with E-state index in [-0.39, 0.29) is 34.7 Å². The number of hydrogen-bond donors (Lipinski definition) is 2. The summed E-state index contributed by atoms with van der Waals surface area (Å²) in [6.45, 7) is 6.26. The molecule has 11 heteroatoms. The number of rotatable bonds is 8. The summed E-state index contributed by atoms with van der Waals surface area (Å²) in [6.07, 6.45) is 10.0. The molecule has 2 aliphatic heterocycles. The summed E-state index contributed by atoms with van der Waals surface area (Å²) in [5.74, 6) is -1.51. The molecular weight excluding hydrogens is 563 g/mol. The molecular formula is C33H37FN6O4. The first-order valence-corrected chi connectivity index (χ1v) is 15.0. The van der Waals surface area contributed by atoms with E-state index in [0.717, 1.165) is 49.2 Å². The fraction of sp³-hybridized carbons (Fsp3) is 0.394. The standard InChI is InChI=1S/C33H37FN6O4/c1-33(2)10-6-30(44-33)39(3)32(42)23-4-5-26(34)27(15-23)38-31(41)28-20-37-29-16-22(7-11-40(28)29)24-14-21(17-35-19-24)18-36-25-8-12-43-13-9-25/h4-5,7,11,14-17,19-20,25,30,36H,6,8-10,12-13,18H2,1-3H3,(H,38,41). The van der Waals surface area contributed by atoms with Crippen molar-refractivity contribution >= 4 is 23.1 Å². The lowest BCUT2D eigenvalue weighted by molar-refractivity contribution is -0.0707. The van der Waals surface area contributed by atoms with Crippen molar-refractivity contribution in [3.63, 3.8) is 0 Å². The number of carbonyl (C=O) groups excluding carboxylic acids is 2. The Morgan fingerprint density at radius 3 is 2.66 bits per heavy atom. The SMILES string of the molecule is CN(C(=O)c1ccc(F)c(NC(=O)c2cnc3cc(-c4cncc(CNC5CCOCC5)c4)ccn23)c1)C1CCC(C)(C)O1. The van der Waals surface area contributed by atoms with Crippen LogP contribution in [0.2, 0.25) is 0 Å². The number of amides is 2. The molecule has 6 rings (SSSR count). The van der Waals surface area contributed by atoms with Gasteiger partial charge in [0.2, 0.25) is 0 Å². The Kier molecular flexibility index (Phi) is 8.44. The molecule has 3 aromatic heterocycles. The van der Waals surface area contributed by atoms with Gasteiger partial charge in [0, 0.05) is 62.6 Å². The minimum atomic E-state index is -0.648. The third-order valence-electron chi connectivity index (χ3n) is 8.35. The van der Waals surface area contributed by atoms with Gasteiger partial charge in [-0.15, -0.1) is 0 Å². The lowest BCUT2D eigenvalue weighted by atomic mass is 10.1. The van der Waals surface area contributed by atoms with Gasteiger partial charge in [-0.3, -0.25) is 19.0 Å². The predicted molar refractivity (Wildman–Crippen MR) is 164 cm³/mol. The lowest BCUT2D eigenvalue weighted by Gasteiger charge is -2.27. The quantitative estimate of drug-likeness (QED) is 0.292. The third-order valence-corrected chi connectivity index (χ3v) is 8.35. The van der Waals surface area contributed by atoms with Crippen LogP contribution in [0.4, 0.5) is 10.1 Å². The van der Waals surface area contributed by atoms with Crippen LogP contribution in [-0.2, 0) is 16.0 Å². The number of pyridine rings is 2. The second kappa shape index (κ2) is 12.4. The maximum atomic E-state index is 14.8. The number of aromatic nitrogens is 3. The van der Waals surface area contributed by atoms with Crippen LogP contribution >= 0.6 is 0 Å². The number of ether oxygens (including phenoxy) is 2. The van der Waals surface area contributed by atoms with E-state index in [9.17, 15) is 14.0 Å². The summed E-state index contributed by atoms with van der Waals surface area (Å²) in [5.41, 5.74) is 3.56. The molecule has 2 saturated heterocycles. The zero-order valence-corrected chi connectivity index (χ0v) is 25.2. The number of anilines is 1. The molecule has 2 aliphatic rings. The number of hydrogen-bond acceptors (Lipinski definition) is 7. The molecule has 2 fully saturated rings. The Bertz CT molecular complexity index is 1680. The summed E-state index contributed by atoms with van der Waals surface area (Å²) in [7, 11) is 1.67. The highest BCUT2D eigenvalue weighted by atomic mass is 19.1.